The molecule has 0 unspecified atom stereocenters. The molecular formula is C20H20FN5OS. The van der Waals surface area contributed by atoms with Crippen LogP contribution in [0.5, 0.6) is 0 Å². The van der Waals surface area contributed by atoms with Gasteiger partial charge in [0, 0.05) is 24.6 Å². The van der Waals surface area contributed by atoms with Crippen molar-refractivity contribution in [3.8, 4) is 11.3 Å². The van der Waals surface area contributed by atoms with Crippen LogP contribution < -0.4 is 10.2 Å². The number of halogens is 1. The summed E-state index contributed by atoms with van der Waals surface area (Å²) in [5.74, 6) is 0.569. The van der Waals surface area contributed by atoms with Gasteiger partial charge in [-0.2, -0.15) is 4.37 Å². The number of anilines is 2. The number of hydrogen-bond donors (Lipinski definition) is 1. The largest absolute Gasteiger partial charge is 0.355 e. The van der Waals surface area contributed by atoms with E-state index in [0.717, 1.165) is 48.0 Å². The molecule has 1 amide bonds. The highest BCUT2D eigenvalue weighted by atomic mass is 32.1. The Morgan fingerprint density at radius 2 is 1.89 bits per heavy atom. The Bertz CT molecular complexity index is 949. The number of nitrogens with one attached hydrogen (secondary N) is 1. The van der Waals surface area contributed by atoms with Gasteiger partial charge in [-0.25, -0.2) is 4.39 Å². The zero-order chi connectivity index (χ0) is 19.5. The summed E-state index contributed by atoms with van der Waals surface area (Å²) in [5.41, 5.74) is 2.45. The lowest BCUT2D eigenvalue weighted by Crippen LogP contribution is -2.38. The van der Waals surface area contributed by atoms with Gasteiger partial charge < -0.3 is 10.2 Å². The second-order valence-corrected chi connectivity index (χ2v) is 7.67. The van der Waals surface area contributed by atoms with Crippen molar-refractivity contribution in [3.05, 3.63) is 54.0 Å². The number of piperidine rings is 1. The summed E-state index contributed by atoms with van der Waals surface area (Å²) < 4.78 is 17.2. The van der Waals surface area contributed by atoms with Crippen LogP contribution in [-0.2, 0) is 4.79 Å². The third kappa shape index (κ3) is 4.17. The molecule has 0 aliphatic carbocycles. The number of carbonyl (C=O) groups excluding carboxylic acids is 1. The van der Waals surface area contributed by atoms with Gasteiger partial charge in [0.2, 0.25) is 5.91 Å². The topological polar surface area (TPSA) is 71.0 Å². The van der Waals surface area contributed by atoms with Crippen LogP contribution in [-0.4, -0.2) is 33.6 Å². The highest BCUT2D eigenvalue weighted by Gasteiger charge is 2.26. The van der Waals surface area contributed by atoms with E-state index in [-0.39, 0.29) is 17.6 Å². The molecule has 0 spiro atoms. The maximum Gasteiger partial charge on any atom is 0.228 e. The first kappa shape index (κ1) is 18.5. The molecule has 1 aliphatic heterocycles. The highest BCUT2D eigenvalue weighted by Crippen LogP contribution is 2.25. The van der Waals surface area contributed by atoms with Crippen LogP contribution in [0.1, 0.15) is 18.5 Å². The van der Waals surface area contributed by atoms with Gasteiger partial charge in [-0.3, -0.25) is 4.79 Å². The minimum Gasteiger partial charge on any atom is -0.355 e. The number of amides is 1. The molecule has 1 fully saturated rings. The average Bonchev–Trinajstić information content (AvgIpc) is 3.13. The normalized spacial score (nSPS) is 14.9. The van der Waals surface area contributed by atoms with Crippen molar-refractivity contribution in [1.82, 2.24) is 14.6 Å². The summed E-state index contributed by atoms with van der Waals surface area (Å²) in [5, 5.41) is 12.3. The zero-order valence-electron chi connectivity index (χ0n) is 15.4. The fraction of sp³-hybridized carbons (Fsp3) is 0.300. The van der Waals surface area contributed by atoms with E-state index in [9.17, 15) is 9.18 Å². The number of rotatable bonds is 4. The van der Waals surface area contributed by atoms with Gasteiger partial charge >= 0.3 is 0 Å². The number of aryl methyl sites for hydroxylation is 1. The smallest absolute Gasteiger partial charge is 0.228 e. The molecule has 2 aromatic heterocycles. The molecule has 6 nitrogen and oxygen atoms in total. The Morgan fingerprint density at radius 3 is 2.50 bits per heavy atom. The van der Waals surface area contributed by atoms with E-state index in [1.807, 2.05) is 25.1 Å². The van der Waals surface area contributed by atoms with Gasteiger partial charge in [-0.15, -0.1) is 10.2 Å². The SMILES string of the molecule is Cc1cc(NC(=O)C2CCN(c3ccc(-c4ccc(F)cc4)nn3)CC2)sn1. The Balaban J connectivity index is 1.34. The van der Waals surface area contributed by atoms with Gasteiger partial charge in [0.05, 0.1) is 11.4 Å². The summed E-state index contributed by atoms with van der Waals surface area (Å²) in [6.07, 6.45) is 1.54. The highest BCUT2D eigenvalue weighted by molar-refractivity contribution is 7.10. The van der Waals surface area contributed by atoms with Gasteiger partial charge in [-0.1, -0.05) is 0 Å². The molecule has 3 heterocycles. The first-order valence-corrected chi connectivity index (χ1v) is 9.94. The Kier molecular flexibility index (Phi) is 5.29. The third-order valence-electron chi connectivity index (χ3n) is 4.85. The van der Waals surface area contributed by atoms with Gasteiger partial charge in [0.1, 0.15) is 10.8 Å². The van der Waals surface area contributed by atoms with Crippen molar-refractivity contribution in [2.45, 2.75) is 19.8 Å². The molecule has 1 aliphatic rings. The monoisotopic (exact) mass is 397 g/mol. The number of carbonyl (C=O) groups is 1. The van der Waals surface area contributed by atoms with Gasteiger partial charge in [0.15, 0.2) is 5.82 Å². The van der Waals surface area contributed by atoms with Crippen molar-refractivity contribution in [2.75, 3.05) is 23.3 Å². The quantitative estimate of drug-likeness (QED) is 0.723. The molecule has 0 radical (unpaired) electrons. The predicted molar refractivity (Wildman–Crippen MR) is 108 cm³/mol. The lowest BCUT2D eigenvalue weighted by atomic mass is 9.96. The fourth-order valence-electron chi connectivity index (χ4n) is 3.29. The molecule has 4 rings (SSSR count). The van der Waals surface area contributed by atoms with E-state index < -0.39 is 0 Å². The Morgan fingerprint density at radius 1 is 1.14 bits per heavy atom. The molecule has 0 bridgehead atoms. The van der Waals surface area contributed by atoms with Crippen LogP contribution in [0.4, 0.5) is 15.2 Å². The van der Waals surface area contributed by atoms with Crippen molar-refractivity contribution >= 4 is 28.3 Å². The molecule has 144 valence electrons. The molecule has 1 saturated heterocycles. The minimum atomic E-state index is -0.272. The fourth-order valence-corrected chi connectivity index (χ4v) is 3.95. The van der Waals surface area contributed by atoms with Gasteiger partial charge in [0.25, 0.3) is 0 Å². The van der Waals surface area contributed by atoms with Crippen LogP contribution in [0.2, 0.25) is 0 Å². The van der Waals surface area contributed by atoms with E-state index in [0.29, 0.717) is 5.69 Å². The van der Waals surface area contributed by atoms with E-state index in [2.05, 4.69) is 24.8 Å². The first-order chi connectivity index (χ1) is 13.6. The van der Waals surface area contributed by atoms with Crippen LogP contribution in [0.25, 0.3) is 11.3 Å². The van der Waals surface area contributed by atoms with Gasteiger partial charge in [-0.05, 0) is 73.8 Å². The zero-order valence-corrected chi connectivity index (χ0v) is 16.2. The third-order valence-corrected chi connectivity index (χ3v) is 5.65. The van der Waals surface area contributed by atoms with Crippen LogP contribution >= 0.6 is 11.5 Å². The van der Waals surface area contributed by atoms with Crippen molar-refractivity contribution < 1.29 is 9.18 Å². The minimum absolute atomic E-state index is 0.00916. The molecule has 0 saturated carbocycles. The summed E-state index contributed by atoms with van der Waals surface area (Å²) in [7, 11) is 0. The van der Waals surface area contributed by atoms with Crippen molar-refractivity contribution in [2.24, 2.45) is 5.92 Å². The van der Waals surface area contributed by atoms with Crippen LogP contribution in [0.3, 0.4) is 0 Å². The molecule has 3 aromatic rings. The number of nitrogens with zero attached hydrogens (tertiary/aromatic N) is 4. The summed E-state index contributed by atoms with van der Waals surface area (Å²) >= 11 is 1.31. The Labute approximate surface area is 166 Å². The standard InChI is InChI=1S/C20H20FN5OS/c1-13-12-19(28-25-13)22-20(27)15-8-10-26(11-9-15)18-7-6-17(23-24-18)14-2-4-16(21)5-3-14/h2-7,12,15H,8-11H2,1H3,(H,22,27). The number of aromatic nitrogens is 3. The summed E-state index contributed by atoms with van der Waals surface area (Å²) in [4.78, 5) is 14.6. The molecule has 28 heavy (non-hydrogen) atoms. The van der Waals surface area contributed by atoms with Crippen molar-refractivity contribution in [3.63, 3.8) is 0 Å². The molecule has 8 heteroatoms. The van der Waals surface area contributed by atoms with E-state index in [1.165, 1.54) is 23.7 Å². The first-order valence-electron chi connectivity index (χ1n) is 9.17. The average molecular weight is 397 g/mol. The maximum atomic E-state index is 13.0. The lowest BCUT2D eigenvalue weighted by molar-refractivity contribution is -0.120. The van der Waals surface area contributed by atoms with E-state index in [1.54, 1.807) is 12.1 Å². The van der Waals surface area contributed by atoms with Crippen molar-refractivity contribution in [1.29, 1.82) is 0 Å². The molecule has 0 atom stereocenters. The Hall–Kier alpha value is -2.87. The van der Waals surface area contributed by atoms with Crippen LogP contribution in [0, 0.1) is 18.7 Å². The lowest BCUT2D eigenvalue weighted by Gasteiger charge is -2.31. The molecule has 1 N–H and O–H groups in total. The maximum absolute atomic E-state index is 13.0. The van der Waals surface area contributed by atoms with E-state index in [4.69, 9.17) is 0 Å². The molecular weight excluding hydrogens is 377 g/mol. The second-order valence-electron chi connectivity index (χ2n) is 6.87. The number of hydrogen-bond acceptors (Lipinski definition) is 6. The summed E-state index contributed by atoms with van der Waals surface area (Å²) in [6.45, 7) is 3.42. The predicted octanol–water partition coefficient (Wildman–Crippen LogP) is 3.90. The van der Waals surface area contributed by atoms with Crippen LogP contribution in [0.15, 0.2) is 42.5 Å². The molecule has 1 aromatic carbocycles. The second kappa shape index (κ2) is 8.02. The van der Waals surface area contributed by atoms with E-state index >= 15 is 0 Å². The number of benzene rings is 1. The summed E-state index contributed by atoms with van der Waals surface area (Å²) in [6, 6.07) is 11.9.